The van der Waals surface area contributed by atoms with Gasteiger partial charge in [0.25, 0.3) is 0 Å². The molecule has 0 saturated heterocycles. The number of nitrogens with zero attached hydrogens (tertiary/aromatic N) is 3. The first-order valence-electron chi connectivity index (χ1n) is 8.13. The van der Waals surface area contributed by atoms with Gasteiger partial charge in [-0.15, -0.1) is 10.2 Å². The summed E-state index contributed by atoms with van der Waals surface area (Å²) in [6.07, 6.45) is 0.682. The van der Waals surface area contributed by atoms with E-state index in [0.29, 0.717) is 17.5 Å². The van der Waals surface area contributed by atoms with Gasteiger partial charge in [0.1, 0.15) is 5.82 Å². The van der Waals surface area contributed by atoms with E-state index in [0.717, 1.165) is 18.1 Å². The summed E-state index contributed by atoms with van der Waals surface area (Å²) in [5, 5.41) is 11.8. The number of rotatable bonds is 9. The van der Waals surface area contributed by atoms with Crippen molar-refractivity contribution in [2.45, 2.75) is 38.4 Å². The lowest BCUT2D eigenvalue weighted by molar-refractivity contribution is -0.118. The number of hydrogen-bond donors (Lipinski definition) is 2. The summed E-state index contributed by atoms with van der Waals surface area (Å²) in [5.41, 5.74) is 5.98. The maximum atomic E-state index is 12.1. The van der Waals surface area contributed by atoms with Gasteiger partial charge in [-0.1, -0.05) is 43.8 Å². The van der Waals surface area contributed by atoms with Gasteiger partial charge in [-0.25, -0.2) is 0 Å². The average Bonchev–Trinajstić information content (AvgIpc) is 2.93. The topological polar surface area (TPSA) is 103 Å². The smallest absolute Gasteiger partial charge is 0.234 e. The minimum absolute atomic E-state index is 0.103. The number of hydrogen-bond acceptors (Lipinski definition) is 5. The van der Waals surface area contributed by atoms with E-state index < -0.39 is 0 Å². The van der Waals surface area contributed by atoms with E-state index in [9.17, 15) is 9.59 Å². The van der Waals surface area contributed by atoms with E-state index in [4.69, 9.17) is 5.73 Å². The number of anilines is 1. The number of para-hydroxylation sites is 1. The fourth-order valence-corrected chi connectivity index (χ4v) is 3.01. The Morgan fingerprint density at radius 3 is 2.60 bits per heavy atom. The number of aryl methyl sites for hydroxylation is 1. The predicted octanol–water partition coefficient (Wildman–Crippen LogP) is 2.08. The fraction of sp³-hybridized carbons (Fsp3) is 0.412. The zero-order valence-electron chi connectivity index (χ0n) is 14.4. The van der Waals surface area contributed by atoms with Crippen molar-refractivity contribution >= 4 is 29.3 Å². The molecule has 2 rings (SSSR count). The second-order valence-corrected chi connectivity index (χ2v) is 7.01. The first-order valence-corrected chi connectivity index (χ1v) is 9.12. The third-order valence-electron chi connectivity index (χ3n) is 3.33. The van der Waals surface area contributed by atoms with Crippen LogP contribution in [-0.4, -0.2) is 32.3 Å². The molecule has 2 aromatic rings. The van der Waals surface area contributed by atoms with Gasteiger partial charge in [-0.2, -0.15) is 0 Å². The van der Waals surface area contributed by atoms with E-state index in [1.165, 1.54) is 11.8 Å². The van der Waals surface area contributed by atoms with Crippen LogP contribution in [0.15, 0.2) is 35.5 Å². The molecule has 0 aliphatic heterocycles. The number of thioether (sulfide) groups is 1. The number of carbonyl (C=O) groups excluding carboxylic acids is 2. The molecule has 0 radical (unpaired) electrons. The molecule has 1 aromatic heterocycles. The van der Waals surface area contributed by atoms with Crippen molar-refractivity contribution in [1.29, 1.82) is 0 Å². The molecular formula is C17H23N5O2S. The van der Waals surface area contributed by atoms with Gasteiger partial charge in [0.15, 0.2) is 5.16 Å². The van der Waals surface area contributed by atoms with Gasteiger partial charge in [0.2, 0.25) is 11.8 Å². The molecular weight excluding hydrogens is 338 g/mol. The molecule has 0 spiro atoms. The zero-order valence-corrected chi connectivity index (χ0v) is 15.3. The molecule has 2 amide bonds. The number of nitrogens with two attached hydrogens (primary N) is 1. The van der Waals surface area contributed by atoms with Crippen molar-refractivity contribution in [1.82, 2.24) is 14.8 Å². The second kappa shape index (κ2) is 9.22. The molecule has 0 fully saturated rings. The lowest BCUT2D eigenvalue weighted by Gasteiger charge is -2.12. The molecule has 134 valence electrons. The minimum Gasteiger partial charge on any atom is -0.370 e. The van der Waals surface area contributed by atoms with Gasteiger partial charge < -0.3 is 15.6 Å². The Kier molecular flexibility index (Phi) is 7.00. The number of benzene rings is 1. The molecule has 25 heavy (non-hydrogen) atoms. The average molecular weight is 361 g/mol. The Morgan fingerprint density at radius 2 is 1.96 bits per heavy atom. The van der Waals surface area contributed by atoms with Gasteiger partial charge in [0, 0.05) is 25.1 Å². The highest BCUT2D eigenvalue weighted by molar-refractivity contribution is 7.99. The monoisotopic (exact) mass is 361 g/mol. The minimum atomic E-state index is -0.365. The van der Waals surface area contributed by atoms with Crippen molar-refractivity contribution in [3.05, 3.63) is 36.2 Å². The molecule has 0 unspecified atom stereocenters. The highest BCUT2D eigenvalue weighted by Crippen LogP contribution is 2.20. The standard InChI is InChI=1S/C17H23N5O2S/c1-12(2)10-22-15(9-8-14(18)23)20-21-17(22)25-11-16(24)19-13-6-4-3-5-7-13/h3-7,12H,8-11H2,1-2H3,(H2,18,23)(H,19,24). The molecule has 0 saturated carbocycles. The predicted molar refractivity (Wildman–Crippen MR) is 98.2 cm³/mol. The van der Waals surface area contributed by atoms with Crippen LogP contribution in [0.5, 0.6) is 0 Å². The van der Waals surface area contributed by atoms with E-state index >= 15 is 0 Å². The molecule has 3 N–H and O–H groups in total. The molecule has 0 aliphatic carbocycles. The number of nitrogens with one attached hydrogen (secondary N) is 1. The molecule has 0 aliphatic rings. The molecule has 1 aromatic carbocycles. The maximum absolute atomic E-state index is 12.1. The Morgan fingerprint density at radius 1 is 1.24 bits per heavy atom. The van der Waals surface area contributed by atoms with Crippen molar-refractivity contribution in [3.8, 4) is 0 Å². The lowest BCUT2D eigenvalue weighted by Crippen LogP contribution is -2.16. The number of amides is 2. The molecule has 8 heteroatoms. The largest absolute Gasteiger partial charge is 0.370 e. The maximum Gasteiger partial charge on any atom is 0.234 e. The lowest BCUT2D eigenvalue weighted by atomic mass is 10.2. The van der Waals surface area contributed by atoms with Gasteiger partial charge >= 0.3 is 0 Å². The normalized spacial score (nSPS) is 10.8. The van der Waals surface area contributed by atoms with Crippen LogP contribution in [-0.2, 0) is 22.6 Å². The van der Waals surface area contributed by atoms with Crippen molar-refractivity contribution in [3.63, 3.8) is 0 Å². The molecule has 7 nitrogen and oxygen atoms in total. The third kappa shape index (κ3) is 6.22. The number of aromatic nitrogens is 3. The van der Waals surface area contributed by atoms with Crippen LogP contribution in [0.25, 0.3) is 0 Å². The summed E-state index contributed by atoms with van der Waals surface area (Å²) in [5.74, 6) is 0.879. The van der Waals surface area contributed by atoms with Crippen LogP contribution < -0.4 is 11.1 Å². The Labute approximate surface area is 151 Å². The molecule has 0 bridgehead atoms. The molecule has 1 heterocycles. The van der Waals surface area contributed by atoms with Crippen LogP contribution in [0.1, 0.15) is 26.1 Å². The van der Waals surface area contributed by atoms with E-state index in [-0.39, 0.29) is 24.0 Å². The Bertz CT molecular complexity index is 715. The van der Waals surface area contributed by atoms with Crippen molar-refractivity contribution < 1.29 is 9.59 Å². The summed E-state index contributed by atoms with van der Waals surface area (Å²) in [6, 6.07) is 9.31. The summed E-state index contributed by atoms with van der Waals surface area (Å²) < 4.78 is 1.97. The van der Waals surface area contributed by atoms with Gasteiger partial charge in [-0.3, -0.25) is 9.59 Å². The highest BCUT2D eigenvalue weighted by atomic mass is 32.2. The first kappa shape index (κ1) is 19.0. The Balaban J connectivity index is 2.00. The number of carbonyl (C=O) groups is 2. The third-order valence-corrected chi connectivity index (χ3v) is 4.29. The summed E-state index contributed by atoms with van der Waals surface area (Å²) in [4.78, 5) is 23.1. The van der Waals surface area contributed by atoms with Crippen molar-refractivity contribution in [2.75, 3.05) is 11.1 Å². The fourth-order valence-electron chi connectivity index (χ4n) is 2.24. The highest BCUT2D eigenvalue weighted by Gasteiger charge is 2.15. The van der Waals surface area contributed by atoms with Crippen LogP contribution in [0.2, 0.25) is 0 Å². The van der Waals surface area contributed by atoms with Crippen molar-refractivity contribution in [2.24, 2.45) is 11.7 Å². The zero-order chi connectivity index (χ0) is 18.2. The second-order valence-electron chi connectivity index (χ2n) is 6.07. The van der Waals surface area contributed by atoms with Crippen LogP contribution in [0, 0.1) is 5.92 Å². The first-order chi connectivity index (χ1) is 12.0. The van der Waals surface area contributed by atoms with Crippen LogP contribution in [0.3, 0.4) is 0 Å². The van der Waals surface area contributed by atoms with E-state index in [1.807, 2.05) is 34.9 Å². The summed E-state index contributed by atoms with van der Waals surface area (Å²) in [6.45, 7) is 4.91. The van der Waals surface area contributed by atoms with E-state index in [1.54, 1.807) is 0 Å². The van der Waals surface area contributed by atoms with E-state index in [2.05, 4.69) is 29.4 Å². The Hall–Kier alpha value is -2.35. The quantitative estimate of drug-likeness (QED) is 0.666. The SMILES string of the molecule is CC(C)Cn1c(CCC(N)=O)nnc1SCC(=O)Nc1ccccc1. The van der Waals surface area contributed by atoms with Crippen LogP contribution >= 0.6 is 11.8 Å². The molecule has 0 atom stereocenters. The van der Waals surface area contributed by atoms with Crippen LogP contribution in [0.4, 0.5) is 5.69 Å². The van der Waals surface area contributed by atoms with Gasteiger partial charge in [0.05, 0.1) is 5.75 Å². The summed E-state index contributed by atoms with van der Waals surface area (Å²) >= 11 is 1.33. The number of primary amides is 1. The summed E-state index contributed by atoms with van der Waals surface area (Å²) in [7, 11) is 0. The van der Waals surface area contributed by atoms with Gasteiger partial charge in [-0.05, 0) is 18.1 Å².